The van der Waals surface area contributed by atoms with Gasteiger partial charge in [-0.05, 0) is 19.9 Å². The zero-order chi connectivity index (χ0) is 23.1. The molecule has 0 aliphatic carbocycles. The van der Waals surface area contributed by atoms with Crippen molar-refractivity contribution in [3.8, 4) is 22.6 Å². The molecule has 0 atom stereocenters. The number of aromatic nitrogens is 6. The van der Waals surface area contributed by atoms with Crippen LogP contribution in [-0.2, 0) is 32.7 Å². The molecule has 0 bridgehead atoms. The summed E-state index contributed by atoms with van der Waals surface area (Å²) in [5.41, 5.74) is -1.21. The van der Waals surface area contributed by atoms with E-state index in [1.807, 2.05) is 0 Å². The van der Waals surface area contributed by atoms with Gasteiger partial charge in [-0.15, -0.1) is 12.1 Å². The van der Waals surface area contributed by atoms with E-state index in [2.05, 4.69) is 36.2 Å². The maximum Gasteiger partial charge on any atom is 2.00 e. The van der Waals surface area contributed by atoms with Crippen molar-refractivity contribution in [3.63, 3.8) is 0 Å². The zero-order valence-corrected chi connectivity index (χ0v) is 19.2. The molecule has 0 fully saturated rings. The number of hydrogen-bond donors (Lipinski definition) is 0. The van der Waals surface area contributed by atoms with Gasteiger partial charge in [0.2, 0.25) is 0 Å². The molecule has 0 amide bonds. The Morgan fingerprint density at radius 2 is 1.45 bits per heavy atom. The van der Waals surface area contributed by atoms with Gasteiger partial charge in [0.15, 0.2) is 0 Å². The van der Waals surface area contributed by atoms with Gasteiger partial charge in [0.05, 0.1) is 28.7 Å². The average Bonchev–Trinajstić information content (AvgIpc) is 3.25. The van der Waals surface area contributed by atoms with Crippen LogP contribution < -0.4 is 5.10 Å². The maximum atomic E-state index is 14.2. The Bertz CT molecular complexity index is 1290. The molecule has 0 spiro atoms. The fraction of sp³-hybridized carbons (Fsp3) is 0.190. The second-order valence-corrected chi connectivity index (χ2v) is 7.36. The number of rotatable bonds is 4. The van der Waals surface area contributed by atoms with Crippen LogP contribution in [0, 0.1) is 17.7 Å². The summed E-state index contributed by atoms with van der Waals surface area (Å²) in [6.45, 7) is 3.49. The minimum atomic E-state index is -4.63. The first-order valence-electron chi connectivity index (χ1n) is 9.16. The smallest absolute Gasteiger partial charge is 0.573 e. The molecular weight excluding hydrogens is 626 g/mol. The molecule has 0 saturated heterocycles. The summed E-state index contributed by atoms with van der Waals surface area (Å²) in [4.78, 5) is 17.0. The molecule has 4 rings (SSSR count). The summed E-state index contributed by atoms with van der Waals surface area (Å²) in [5, 5.41) is 6.69. The van der Waals surface area contributed by atoms with Crippen LogP contribution in [0.25, 0.3) is 22.6 Å². The maximum absolute atomic E-state index is 14.2. The van der Waals surface area contributed by atoms with Crippen LogP contribution in [0.15, 0.2) is 43.0 Å². The Morgan fingerprint density at radius 1 is 0.848 bits per heavy atom. The van der Waals surface area contributed by atoms with E-state index in [0.29, 0.717) is 11.4 Å². The van der Waals surface area contributed by atoms with Gasteiger partial charge < -0.3 is 10.2 Å². The van der Waals surface area contributed by atoms with Crippen LogP contribution in [0.1, 0.15) is 30.9 Å². The van der Waals surface area contributed by atoms with Crippen LogP contribution in [0.3, 0.4) is 0 Å². The van der Waals surface area contributed by atoms with Crippen molar-refractivity contribution in [3.05, 3.63) is 77.8 Å². The predicted octanol–water partition coefficient (Wildman–Crippen LogP) is 4.37. The van der Waals surface area contributed by atoms with Crippen LogP contribution in [0.4, 0.5) is 22.0 Å². The Hall–Kier alpha value is -3.07. The van der Waals surface area contributed by atoms with Gasteiger partial charge in [-0.25, -0.2) is 0 Å². The third-order valence-corrected chi connectivity index (χ3v) is 4.76. The molecule has 0 radical (unpaired) electrons. The van der Waals surface area contributed by atoms with Gasteiger partial charge in [0.1, 0.15) is 5.69 Å². The number of alkyl halides is 3. The first kappa shape index (κ1) is 24.6. The molecule has 0 N–H and O–H groups in total. The average molecular weight is 639 g/mol. The summed E-state index contributed by atoms with van der Waals surface area (Å²) in [6.07, 6.45) is 0.840. The predicted molar refractivity (Wildman–Crippen MR) is 102 cm³/mol. The molecule has 172 valence electrons. The van der Waals surface area contributed by atoms with Crippen molar-refractivity contribution in [2.75, 3.05) is 0 Å². The van der Waals surface area contributed by atoms with E-state index in [4.69, 9.17) is 0 Å². The van der Waals surface area contributed by atoms with Crippen molar-refractivity contribution < 1.29 is 43.0 Å². The first-order chi connectivity index (χ1) is 15.1. The molecule has 12 heteroatoms. The molecule has 0 aliphatic rings. The third kappa shape index (κ3) is 4.98. The normalized spacial score (nSPS) is 11.8. The summed E-state index contributed by atoms with van der Waals surface area (Å²) < 4.78 is 65.9. The SMILES string of the molecule is CC(C)(c1cncc(-c2cc(C(F)(F)F)n[n-]2)n1)c1cncc(-c2[c-]cc(F)cc2F)n1.[Pt+2]. The van der Waals surface area contributed by atoms with Crippen molar-refractivity contribution in [1.82, 2.24) is 30.1 Å². The van der Waals surface area contributed by atoms with Crippen molar-refractivity contribution in [1.29, 1.82) is 0 Å². The number of hydrogen-bond acceptors (Lipinski definition) is 5. The second-order valence-electron chi connectivity index (χ2n) is 7.36. The minimum absolute atomic E-state index is 0. The van der Waals surface area contributed by atoms with E-state index >= 15 is 0 Å². The van der Waals surface area contributed by atoms with Crippen molar-refractivity contribution in [2.24, 2.45) is 0 Å². The van der Waals surface area contributed by atoms with Crippen LogP contribution in [0.2, 0.25) is 0 Å². The van der Waals surface area contributed by atoms with Gasteiger partial charge in [-0.2, -0.15) is 13.2 Å². The van der Waals surface area contributed by atoms with Gasteiger partial charge in [-0.3, -0.25) is 28.7 Å². The largest absolute Gasteiger partial charge is 2.00 e. The quantitative estimate of drug-likeness (QED) is 0.244. The molecular formula is C21H13F5N6Pt. The summed E-state index contributed by atoms with van der Waals surface area (Å²) >= 11 is 0. The molecule has 4 aromatic rings. The van der Waals surface area contributed by atoms with E-state index in [1.165, 1.54) is 24.8 Å². The fourth-order valence-electron chi connectivity index (χ4n) is 2.91. The molecule has 3 aromatic heterocycles. The molecule has 1 aromatic carbocycles. The molecule has 0 unspecified atom stereocenters. The topological polar surface area (TPSA) is 78.5 Å². The van der Waals surface area contributed by atoms with E-state index in [9.17, 15) is 22.0 Å². The molecule has 0 aliphatic heterocycles. The van der Waals surface area contributed by atoms with Crippen LogP contribution in [0.5, 0.6) is 0 Å². The van der Waals surface area contributed by atoms with Crippen LogP contribution in [-0.4, -0.2) is 25.0 Å². The van der Waals surface area contributed by atoms with Crippen molar-refractivity contribution >= 4 is 0 Å². The number of halogens is 5. The number of benzene rings is 1. The first-order valence-corrected chi connectivity index (χ1v) is 9.16. The molecule has 0 saturated carbocycles. The standard InChI is InChI=1S/C21H13F5N6.Pt/c1-20(2,18-9-27-7-15(29-18)12-4-3-11(22)5-13(12)23)19-10-28-8-16(30-19)14-6-17(32-31-14)21(24,25)26;/h3,5-10H,1-2H3;/q-2;+2. The molecule has 3 heterocycles. The summed E-state index contributed by atoms with van der Waals surface area (Å²) in [6, 6.07) is 4.99. The third-order valence-electron chi connectivity index (χ3n) is 4.76. The molecule has 33 heavy (non-hydrogen) atoms. The van der Waals surface area contributed by atoms with Crippen LogP contribution >= 0.6 is 0 Å². The van der Waals surface area contributed by atoms with E-state index in [1.54, 1.807) is 13.8 Å². The van der Waals surface area contributed by atoms with E-state index in [-0.39, 0.29) is 43.7 Å². The fourth-order valence-corrected chi connectivity index (χ4v) is 2.91. The van der Waals surface area contributed by atoms with E-state index in [0.717, 1.165) is 18.2 Å². The van der Waals surface area contributed by atoms with Gasteiger partial charge in [-0.1, -0.05) is 17.3 Å². The zero-order valence-electron chi connectivity index (χ0n) is 16.9. The Kier molecular flexibility index (Phi) is 6.74. The van der Waals surface area contributed by atoms with E-state index < -0.39 is 28.9 Å². The summed E-state index contributed by atoms with van der Waals surface area (Å²) in [7, 11) is 0. The summed E-state index contributed by atoms with van der Waals surface area (Å²) in [5.74, 6) is -1.61. The van der Waals surface area contributed by atoms with Gasteiger partial charge >= 0.3 is 27.2 Å². The Labute approximate surface area is 199 Å². The molecule has 6 nitrogen and oxygen atoms in total. The number of nitrogens with zero attached hydrogens (tertiary/aromatic N) is 6. The van der Waals surface area contributed by atoms with Gasteiger partial charge in [0, 0.05) is 35.9 Å². The Morgan fingerprint density at radius 3 is 2.03 bits per heavy atom. The van der Waals surface area contributed by atoms with Gasteiger partial charge in [0.25, 0.3) is 0 Å². The second kappa shape index (κ2) is 9.05. The minimum Gasteiger partial charge on any atom is -0.573 e. The monoisotopic (exact) mass is 639 g/mol. The van der Waals surface area contributed by atoms with Crippen molar-refractivity contribution in [2.45, 2.75) is 25.4 Å². The Balaban J connectivity index is 0.00000306.